The summed E-state index contributed by atoms with van der Waals surface area (Å²) >= 11 is 0. The fourth-order valence-electron chi connectivity index (χ4n) is 7.99. The summed E-state index contributed by atoms with van der Waals surface area (Å²) < 4.78 is 5.51. The maximum absolute atomic E-state index is 13.9. The van der Waals surface area contributed by atoms with Crippen molar-refractivity contribution < 1.29 is 19.4 Å². The lowest BCUT2D eigenvalue weighted by Crippen LogP contribution is -2.63. The van der Waals surface area contributed by atoms with Crippen LogP contribution in [0.1, 0.15) is 102 Å². The van der Waals surface area contributed by atoms with Crippen LogP contribution in [0.4, 0.5) is 16.2 Å². The largest absolute Gasteiger partial charge is 0.507 e. The summed E-state index contributed by atoms with van der Waals surface area (Å²) in [6.45, 7) is 12.1. The molecule has 0 spiro atoms. The van der Waals surface area contributed by atoms with Gasteiger partial charge < -0.3 is 20.9 Å². The molecule has 2 aromatic rings. The molecule has 7 heteroatoms. The molecular formula is C33H45N3O4. The van der Waals surface area contributed by atoms with E-state index in [1.165, 1.54) is 19.3 Å². The van der Waals surface area contributed by atoms with Crippen LogP contribution in [-0.2, 0) is 10.8 Å². The summed E-state index contributed by atoms with van der Waals surface area (Å²) in [5.74, 6) is 2.33. The maximum Gasteiger partial charge on any atom is 0.319 e. The van der Waals surface area contributed by atoms with Crippen molar-refractivity contribution in [1.82, 2.24) is 0 Å². The highest BCUT2D eigenvalue weighted by Crippen LogP contribution is 2.59. The molecule has 6 rings (SSSR count). The SMILES string of the molecule is COc1ccc(N(C(N)=O)C23CC4CC(CC(C4)C2)C3)c(NC(=O)c2cc(C(C)(C)C)c(O)c(C(C)(C)C)c2)c1. The second-order valence-corrected chi connectivity index (χ2v) is 14.6. The highest BCUT2D eigenvalue weighted by atomic mass is 16.5. The van der Waals surface area contributed by atoms with Gasteiger partial charge in [0.25, 0.3) is 5.91 Å². The van der Waals surface area contributed by atoms with Crippen LogP contribution in [0.25, 0.3) is 0 Å². The summed E-state index contributed by atoms with van der Waals surface area (Å²) in [6, 6.07) is 8.47. The number of carbonyl (C=O) groups is 2. The number of carbonyl (C=O) groups excluding carboxylic acids is 2. The maximum atomic E-state index is 13.9. The van der Waals surface area contributed by atoms with Gasteiger partial charge in [-0.15, -0.1) is 0 Å². The molecule has 4 fully saturated rings. The van der Waals surface area contributed by atoms with E-state index in [4.69, 9.17) is 10.5 Å². The highest BCUT2D eigenvalue weighted by Gasteiger charge is 2.55. The Morgan fingerprint density at radius 1 is 0.925 bits per heavy atom. The number of rotatable bonds is 5. The number of urea groups is 1. The number of hydrogen-bond acceptors (Lipinski definition) is 4. The van der Waals surface area contributed by atoms with E-state index in [0.717, 1.165) is 19.3 Å². The lowest BCUT2D eigenvalue weighted by molar-refractivity contribution is -0.000172. The zero-order chi connectivity index (χ0) is 29.2. The molecule has 0 aliphatic heterocycles. The fourth-order valence-corrected chi connectivity index (χ4v) is 7.99. The number of hydrogen-bond donors (Lipinski definition) is 3. The van der Waals surface area contributed by atoms with Gasteiger partial charge in [-0.05, 0) is 91.4 Å². The van der Waals surface area contributed by atoms with Crippen molar-refractivity contribution in [2.75, 3.05) is 17.3 Å². The molecule has 3 amide bonds. The zero-order valence-electron chi connectivity index (χ0n) is 25.1. The van der Waals surface area contributed by atoms with Gasteiger partial charge in [-0.25, -0.2) is 4.79 Å². The molecule has 0 aromatic heterocycles. The summed E-state index contributed by atoms with van der Waals surface area (Å²) in [7, 11) is 1.58. The Labute approximate surface area is 238 Å². The van der Waals surface area contributed by atoms with Crippen LogP contribution in [0.15, 0.2) is 30.3 Å². The number of nitrogens with one attached hydrogen (secondary N) is 1. The van der Waals surface area contributed by atoms with E-state index in [9.17, 15) is 14.7 Å². The summed E-state index contributed by atoms with van der Waals surface area (Å²) in [4.78, 5) is 28.9. The molecule has 0 unspecified atom stereocenters. The molecule has 0 atom stereocenters. The van der Waals surface area contributed by atoms with Crippen molar-refractivity contribution in [2.45, 2.75) is 96.4 Å². The fraction of sp³-hybridized carbons (Fsp3) is 0.576. The molecule has 4 aliphatic carbocycles. The van der Waals surface area contributed by atoms with Crippen molar-refractivity contribution in [2.24, 2.45) is 23.5 Å². The number of primary amides is 1. The minimum atomic E-state index is -0.489. The highest BCUT2D eigenvalue weighted by molar-refractivity contribution is 6.08. The Bertz CT molecular complexity index is 1260. The third kappa shape index (κ3) is 5.04. The monoisotopic (exact) mass is 547 g/mol. The number of aromatic hydroxyl groups is 1. The molecule has 4 aliphatic rings. The molecule has 0 heterocycles. The van der Waals surface area contributed by atoms with Crippen molar-refractivity contribution in [3.8, 4) is 11.5 Å². The van der Waals surface area contributed by atoms with E-state index in [1.54, 1.807) is 30.2 Å². The standard InChI is InChI=1S/C33H45N3O4/c1-31(2,3)24-13-22(14-25(28(24)37)32(4,5)6)29(38)35-26-15-23(40-7)8-9-27(26)36(30(34)39)33-16-19-10-20(17-33)12-21(11-19)18-33/h8-9,13-15,19-21,37H,10-12,16-18H2,1-7H3,(H2,34,39)(H,35,38). The first kappa shape index (κ1) is 28.3. The van der Waals surface area contributed by atoms with Crippen molar-refractivity contribution in [3.63, 3.8) is 0 Å². The minimum absolute atomic E-state index is 0.223. The molecule has 4 saturated carbocycles. The third-order valence-electron chi connectivity index (χ3n) is 9.38. The first-order chi connectivity index (χ1) is 18.6. The first-order valence-electron chi connectivity index (χ1n) is 14.6. The van der Waals surface area contributed by atoms with E-state index in [0.29, 0.717) is 51.6 Å². The number of nitrogens with two attached hydrogens (primary N) is 1. The van der Waals surface area contributed by atoms with Crippen LogP contribution >= 0.6 is 0 Å². The average Bonchev–Trinajstić information content (AvgIpc) is 2.82. The van der Waals surface area contributed by atoms with Crippen LogP contribution in [0.3, 0.4) is 0 Å². The number of nitrogens with zero attached hydrogens (tertiary/aromatic N) is 1. The average molecular weight is 548 g/mol. The van der Waals surface area contributed by atoms with Crippen LogP contribution in [-0.4, -0.2) is 29.7 Å². The number of methoxy groups -OCH3 is 1. The molecule has 40 heavy (non-hydrogen) atoms. The Morgan fingerprint density at radius 2 is 1.43 bits per heavy atom. The van der Waals surface area contributed by atoms with Gasteiger partial charge in [0.05, 0.1) is 24.0 Å². The molecule has 0 saturated heterocycles. The predicted molar refractivity (Wildman–Crippen MR) is 159 cm³/mol. The predicted octanol–water partition coefficient (Wildman–Crippen LogP) is 7.10. The zero-order valence-corrected chi connectivity index (χ0v) is 25.1. The quantitative estimate of drug-likeness (QED) is 0.371. The Hall–Kier alpha value is -3.22. The summed E-state index contributed by atoms with van der Waals surface area (Å²) in [5.41, 5.74) is 8.03. The van der Waals surface area contributed by atoms with Crippen LogP contribution < -0.4 is 20.7 Å². The number of ether oxygens (including phenoxy) is 1. The van der Waals surface area contributed by atoms with Gasteiger partial charge in [0.2, 0.25) is 0 Å². The number of phenols is 1. The Kier molecular flexibility index (Phi) is 6.87. The van der Waals surface area contributed by atoms with Crippen molar-refractivity contribution >= 4 is 23.3 Å². The number of amides is 3. The molecule has 7 nitrogen and oxygen atoms in total. The normalized spacial score (nSPS) is 25.5. The van der Waals surface area contributed by atoms with Gasteiger partial charge in [-0.1, -0.05) is 41.5 Å². The van der Waals surface area contributed by atoms with Crippen LogP contribution in [0.2, 0.25) is 0 Å². The lowest BCUT2D eigenvalue weighted by Gasteiger charge is -2.60. The van der Waals surface area contributed by atoms with E-state index in [-0.39, 0.29) is 28.0 Å². The molecule has 2 aromatic carbocycles. The van der Waals surface area contributed by atoms with E-state index < -0.39 is 6.03 Å². The van der Waals surface area contributed by atoms with Gasteiger partial charge in [-0.2, -0.15) is 0 Å². The second-order valence-electron chi connectivity index (χ2n) is 14.6. The van der Waals surface area contributed by atoms with Gasteiger partial charge in [-0.3, -0.25) is 9.69 Å². The van der Waals surface area contributed by atoms with E-state index >= 15 is 0 Å². The van der Waals surface area contributed by atoms with Crippen molar-refractivity contribution in [3.05, 3.63) is 47.0 Å². The van der Waals surface area contributed by atoms with Crippen LogP contribution in [0, 0.1) is 17.8 Å². The molecule has 4 bridgehead atoms. The molecule has 216 valence electrons. The molecule has 0 radical (unpaired) electrons. The Balaban J connectivity index is 1.57. The second kappa shape index (κ2) is 9.71. The third-order valence-corrected chi connectivity index (χ3v) is 9.38. The van der Waals surface area contributed by atoms with Gasteiger partial charge in [0.1, 0.15) is 11.5 Å². The van der Waals surface area contributed by atoms with Gasteiger partial charge >= 0.3 is 6.03 Å². The number of benzene rings is 2. The van der Waals surface area contributed by atoms with Gasteiger partial charge in [0, 0.05) is 22.8 Å². The molecule has 4 N–H and O–H groups in total. The topological polar surface area (TPSA) is 105 Å². The van der Waals surface area contributed by atoms with Crippen molar-refractivity contribution in [1.29, 1.82) is 0 Å². The summed E-state index contributed by atoms with van der Waals surface area (Å²) in [6.07, 6.45) is 6.57. The number of anilines is 2. The smallest absolute Gasteiger partial charge is 0.319 e. The minimum Gasteiger partial charge on any atom is -0.507 e. The summed E-state index contributed by atoms with van der Waals surface area (Å²) in [5, 5.41) is 14.2. The number of phenolic OH excluding ortho intramolecular Hbond substituents is 1. The molecular weight excluding hydrogens is 502 g/mol. The first-order valence-corrected chi connectivity index (χ1v) is 14.6. The lowest BCUT2D eigenvalue weighted by atomic mass is 9.52. The Morgan fingerprint density at radius 3 is 1.85 bits per heavy atom. The van der Waals surface area contributed by atoms with Crippen LogP contribution in [0.5, 0.6) is 11.5 Å². The van der Waals surface area contributed by atoms with E-state index in [1.807, 2.05) is 53.7 Å². The van der Waals surface area contributed by atoms with Gasteiger partial charge in [0.15, 0.2) is 0 Å². The van der Waals surface area contributed by atoms with E-state index in [2.05, 4.69) is 5.32 Å².